The Morgan fingerprint density at radius 2 is 0.616 bits per heavy atom. The topological polar surface area (TPSA) is 229 Å². The van der Waals surface area contributed by atoms with Crippen LogP contribution in [0.3, 0.4) is 0 Å². The molecule has 20 aromatic rings. The van der Waals surface area contributed by atoms with Crippen molar-refractivity contribution in [1.82, 2.24) is 29.9 Å². The molecular weight excluding hydrogens is 2160 g/mol. The third-order valence-electron chi connectivity index (χ3n) is 19.5. The summed E-state index contributed by atoms with van der Waals surface area (Å²) in [5, 5.41) is 31.2. The third-order valence-corrected chi connectivity index (χ3v) is 23.1. The number of rotatable bonds is 11. The molecule has 0 bridgehead atoms. The minimum atomic E-state index is -0.249. The molecule has 0 saturated heterocycles. The van der Waals surface area contributed by atoms with Gasteiger partial charge in [0.2, 0.25) is 17.1 Å². The van der Waals surface area contributed by atoms with Crippen LogP contribution in [-0.2, 0) is 74.7 Å². The Morgan fingerprint density at radius 1 is 0.328 bits per heavy atom. The molecule has 15 nitrogen and oxygen atoms in total. The fourth-order valence-electron chi connectivity index (χ4n) is 14.3. The number of aryl methyl sites for hydroxylation is 4. The van der Waals surface area contributed by atoms with Crippen LogP contribution in [0.4, 0.5) is 4.39 Å². The number of aliphatic hydroxyl groups is 3. The summed E-state index contributed by atoms with van der Waals surface area (Å²) in [5.74, 6) is -0.437. The summed E-state index contributed by atoms with van der Waals surface area (Å²) in [6, 6.07) is 95.1. The van der Waals surface area contributed by atoms with Crippen molar-refractivity contribution in [3.05, 3.63) is 337 Å². The van der Waals surface area contributed by atoms with Gasteiger partial charge in [0.25, 0.3) is 0 Å². The average Bonchev–Trinajstić information content (AvgIpc) is 1.60. The van der Waals surface area contributed by atoms with Crippen molar-refractivity contribution in [3.8, 4) is 87.3 Å². The normalized spacial score (nSPS) is 11.3. The fraction of sp³-hybridized carbons (Fsp3) is 0.0971. The van der Waals surface area contributed by atoms with Crippen molar-refractivity contribution < 1.29 is 108 Å². The van der Waals surface area contributed by atoms with Crippen molar-refractivity contribution >= 4 is 148 Å². The van der Waals surface area contributed by atoms with Gasteiger partial charge in [0.15, 0.2) is 17.3 Å². The van der Waals surface area contributed by atoms with Crippen LogP contribution in [0.5, 0.6) is 0 Å². The molecule has 0 spiro atoms. The zero-order chi connectivity index (χ0) is 85.4. The van der Waals surface area contributed by atoms with Crippen molar-refractivity contribution in [2.75, 3.05) is 0 Å². The molecule has 0 aliphatic rings. The Labute approximate surface area is 772 Å². The second-order valence-corrected chi connectivity index (χ2v) is 32.1. The second kappa shape index (κ2) is 40.8. The molecule has 3 radical (unpaired) electrons. The van der Waals surface area contributed by atoms with E-state index in [1.807, 2.05) is 130 Å². The zero-order valence-electron chi connectivity index (χ0n) is 69.1. The summed E-state index contributed by atoms with van der Waals surface area (Å²) >= 11 is 5.22. The van der Waals surface area contributed by atoms with Gasteiger partial charge >= 0.3 is 0 Å². The fourth-order valence-corrected chi connectivity index (χ4v) is 17.8. The van der Waals surface area contributed by atoms with Crippen LogP contribution in [0.25, 0.3) is 184 Å². The number of aliphatic hydroxyl groups excluding tert-OH is 3. The number of nitrogens with zero attached hydrogens (tertiary/aromatic N) is 6. The Balaban J connectivity index is 0.000000152. The van der Waals surface area contributed by atoms with Gasteiger partial charge in [-0.05, 0) is 186 Å². The summed E-state index contributed by atoms with van der Waals surface area (Å²) in [6.07, 6.45) is 3.50. The van der Waals surface area contributed by atoms with Crippen molar-refractivity contribution in [3.63, 3.8) is 0 Å². The maximum Gasteiger partial charge on any atom is 0.216 e. The molecule has 0 amide bonds. The average molecular weight is 2240 g/mol. The largest absolute Gasteiger partial charge is 0.512 e. The molecule has 0 aliphatic heterocycles. The maximum atomic E-state index is 13.7. The first-order valence-corrected chi connectivity index (χ1v) is 41.4. The van der Waals surface area contributed by atoms with Crippen molar-refractivity contribution in [1.29, 1.82) is 0 Å². The van der Waals surface area contributed by atoms with Gasteiger partial charge in [-0.2, -0.15) is 0 Å². The Kier molecular flexibility index (Phi) is 29.9. The smallest absolute Gasteiger partial charge is 0.216 e. The number of hydrogen-bond donors (Lipinski definition) is 3. The molecular formula is C103H78FIr3N6O9S3-3. The van der Waals surface area contributed by atoms with Gasteiger partial charge in [-0.25, -0.2) is 19.3 Å². The molecule has 0 atom stereocenters. The number of halogens is 1. The molecule has 0 aliphatic carbocycles. The minimum absolute atomic E-state index is 0. The van der Waals surface area contributed by atoms with E-state index in [-0.39, 0.29) is 101 Å². The molecule has 22 heteroatoms. The SMILES string of the molecule is CC(=O)C=C(C)O.CC(=O)C=C(C)O.CC(=O)C=C(C)O.Cc1ccc2c(n1)oc1c(-c3ccc4sc(-c5ccc(F)cc5)c(-c5ccccc5)c4n3)[c-]ccc12.Cc1ccc2c(n1)oc1c(-c3ccc4sc(-c5ccccc5)c(-c5ccccc5)c4n3)[c-]ccc12.Cc1ccc2c(n1)oc1c(-c3ccc4sc(-c5ccccc5)c(C)c4n3)[c-]ccc12.[Ir].[Ir].[Ir]. The van der Waals surface area contributed by atoms with Crippen LogP contribution in [-0.4, -0.2) is 62.6 Å². The number of carbonyl (C=O) groups excluding carboxylic acids is 3. The van der Waals surface area contributed by atoms with Gasteiger partial charge in [0, 0.05) is 138 Å². The second-order valence-electron chi connectivity index (χ2n) is 29.0. The summed E-state index contributed by atoms with van der Waals surface area (Å²) in [7, 11) is 0. The maximum absolute atomic E-state index is 13.7. The van der Waals surface area contributed by atoms with E-state index in [4.69, 9.17) is 43.5 Å². The minimum Gasteiger partial charge on any atom is -0.512 e. The van der Waals surface area contributed by atoms with E-state index in [1.54, 1.807) is 34.0 Å². The van der Waals surface area contributed by atoms with Crippen LogP contribution in [0.2, 0.25) is 0 Å². The standard InChI is InChI=1S/C31H18FN2OS.C31H19N2OS.C26H17N2OS.3C5H8O2.3Ir/c1-18-10-15-23-22-8-5-9-24(29(22)35-31(23)33-18)25-16-17-26-28(34-25)27(19-6-3-2-4-7-19)30(36-26)20-11-13-21(32)14-12-20;1-19-15-16-23-22-13-8-14-24(29(22)34-31(23)32-19)25-17-18-26-28(33-25)27(20-9-4-2-5-10-20)30(35-26)21-11-6-3-7-12-21;1-15-11-12-19-18-9-6-10-20(24(18)29-26(19)27-15)21-13-14-22-23(28-21)16(2)25(30-22)17-7-4-3-5-8-17;3*1-4(6)3-5(2)7;;;/h2-8,10-17H,1H3;2-13,15-18H,1H3;3-9,11-14H,1-2H3;3*3,6H,1-2H3;;;/q3*-1;;;;;;. The molecule has 12 aromatic heterocycles. The van der Waals surface area contributed by atoms with Gasteiger partial charge in [0.1, 0.15) is 5.82 Å². The summed E-state index contributed by atoms with van der Waals surface area (Å²) in [6.45, 7) is 16.6. The Bertz CT molecular complexity index is 7370. The van der Waals surface area contributed by atoms with E-state index in [9.17, 15) is 18.8 Å². The first-order valence-electron chi connectivity index (χ1n) is 39.0. The van der Waals surface area contributed by atoms with Crippen LogP contribution >= 0.6 is 34.0 Å². The number of hydrogen-bond acceptors (Lipinski definition) is 18. The summed E-state index contributed by atoms with van der Waals surface area (Å²) < 4.78 is 35.7. The molecule has 629 valence electrons. The van der Waals surface area contributed by atoms with Crippen LogP contribution in [0, 0.1) is 51.7 Å². The molecule has 0 unspecified atom stereocenters. The summed E-state index contributed by atoms with van der Waals surface area (Å²) in [4.78, 5) is 62.7. The first kappa shape index (κ1) is 91.6. The first-order chi connectivity index (χ1) is 59.0. The van der Waals surface area contributed by atoms with Gasteiger partial charge < -0.3 is 28.6 Å². The number of fused-ring (bicyclic) bond motifs is 12. The molecule has 125 heavy (non-hydrogen) atoms. The van der Waals surface area contributed by atoms with E-state index < -0.39 is 0 Å². The summed E-state index contributed by atoms with van der Waals surface area (Å²) in [5.41, 5.74) is 24.0. The molecule has 3 N–H and O–H groups in total. The molecule has 8 aromatic carbocycles. The van der Waals surface area contributed by atoms with Gasteiger partial charge in [0.05, 0.1) is 64.7 Å². The van der Waals surface area contributed by atoms with E-state index in [1.165, 1.54) is 103 Å². The number of furan rings is 3. The van der Waals surface area contributed by atoms with Crippen LogP contribution in [0.1, 0.15) is 64.2 Å². The number of ketones is 3. The number of aromatic nitrogens is 6. The Hall–Kier alpha value is -12.6. The van der Waals surface area contributed by atoms with Crippen molar-refractivity contribution in [2.24, 2.45) is 0 Å². The Morgan fingerprint density at radius 3 is 0.928 bits per heavy atom. The van der Waals surface area contributed by atoms with E-state index >= 15 is 0 Å². The predicted molar refractivity (Wildman–Crippen MR) is 494 cm³/mol. The van der Waals surface area contributed by atoms with E-state index in [2.05, 4.69) is 174 Å². The van der Waals surface area contributed by atoms with E-state index in [0.29, 0.717) is 17.1 Å². The van der Waals surface area contributed by atoms with Crippen LogP contribution < -0.4 is 0 Å². The van der Waals surface area contributed by atoms with Gasteiger partial charge in [-0.15, -0.1) is 88.6 Å². The number of benzene rings is 8. The predicted octanol–water partition coefficient (Wildman–Crippen LogP) is 28.0. The van der Waals surface area contributed by atoms with Gasteiger partial charge in [-0.3, -0.25) is 29.3 Å². The zero-order valence-corrected chi connectivity index (χ0v) is 78.7. The van der Waals surface area contributed by atoms with E-state index in [0.717, 1.165) is 159 Å². The third kappa shape index (κ3) is 20.8. The quantitative estimate of drug-likeness (QED) is 0.0621. The van der Waals surface area contributed by atoms with Crippen LogP contribution in [0.15, 0.2) is 304 Å². The monoisotopic (exact) mass is 2240 g/mol. The number of carbonyl (C=O) groups is 3. The van der Waals surface area contributed by atoms with Gasteiger partial charge in [-0.1, -0.05) is 185 Å². The molecule has 12 heterocycles. The molecule has 0 saturated carbocycles. The molecule has 0 fully saturated rings. The van der Waals surface area contributed by atoms with Crippen molar-refractivity contribution in [2.45, 2.75) is 69.2 Å². The molecule has 20 rings (SSSR count). The number of thiophene rings is 3. The number of pyridine rings is 6. The number of allylic oxidation sites excluding steroid dienone is 6.